The van der Waals surface area contributed by atoms with Gasteiger partial charge in [-0.2, -0.15) is 12.7 Å². The van der Waals surface area contributed by atoms with E-state index in [-0.39, 0.29) is 16.8 Å². The van der Waals surface area contributed by atoms with Gasteiger partial charge in [0.1, 0.15) is 5.82 Å². The molecule has 2 N–H and O–H groups in total. The summed E-state index contributed by atoms with van der Waals surface area (Å²) in [6.07, 6.45) is 2.31. The van der Waals surface area contributed by atoms with Crippen LogP contribution in [-0.2, 0) is 10.2 Å². The number of hydrogen-bond acceptors (Lipinski definition) is 3. The Bertz CT molecular complexity index is 582. The predicted molar refractivity (Wildman–Crippen MR) is 78.1 cm³/mol. The average Bonchev–Trinajstić information content (AvgIpc) is 2.42. The fraction of sp³-hybridized carbons (Fsp3) is 0.500. The third-order valence-corrected chi connectivity index (χ3v) is 5.46. The number of aliphatic hydroxyl groups excluding tert-OH is 1. The summed E-state index contributed by atoms with van der Waals surface area (Å²) in [5.41, 5.74) is 0.278. The molecule has 1 unspecified atom stereocenters. The second-order valence-electron chi connectivity index (χ2n) is 4.68. The molecule has 112 valence electrons. The molecule has 1 aromatic rings. The van der Waals surface area contributed by atoms with Crippen LogP contribution in [0.5, 0.6) is 0 Å². The second kappa shape index (κ2) is 6.38. The summed E-state index contributed by atoms with van der Waals surface area (Å²) in [5.74, 6) is -0.459. The smallest absolute Gasteiger partial charge is 0.301 e. The minimum atomic E-state index is -3.75. The first-order valence-electron chi connectivity index (χ1n) is 6.29. The average molecular weight is 367 g/mol. The number of aliphatic hydroxyl groups is 1. The van der Waals surface area contributed by atoms with Gasteiger partial charge < -0.3 is 5.11 Å². The minimum Gasteiger partial charge on any atom is -0.395 e. The molecule has 0 aromatic heterocycles. The Hall–Kier alpha value is -0.700. The standard InChI is InChI=1S/C12H16BrFN2O3S/c13-11-7-9(4-5-12(11)14)15-20(18,19)16-6-2-1-3-10(16)8-17/h4-5,7,10,15,17H,1-3,6,8H2. The SMILES string of the molecule is O=S(=O)(Nc1ccc(F)c(Br)c1)N1CCCCC1CO. The summed E-state index contributed by atoms with van der Waals surface area (Å²) in [6, 6.07) is 3.51. The van der Waals surface area contributed by atoms with Crippen molar-refractivity contribution >= 4 is 31.8 Å². The molecule has 1 aromatic carbocycles. The molecule has 2 rings (SSSR count). The fourth-order valence-corrected chi connectivity index (χ4v) is 4.10. The molecule has 0 aliphatic carbocycles. The zero-order valence-corrected chi connectivity index (χ0v) is 13.1. The molecule has 0 saturated carbocycles. The molecule has 1 heterocycles. The van der Waals surface area contributed by atoms with Gasteiger partial charge in [0.2, 0.25) is 0 Å². The third kappa shape index (κ3) is 3.49. The zero-order valence-electron chi connectivity index (χ0n) is 10.7. The van der Waals surface area contributed by atoms with Gasteiger partial charge in [-0.25, -0.2) is 4.39 Å². The number of benzene rings is 1. The van der Waals surface area contributed by atoms with Crippen LogP contribution in [0.25, 0.3) is 0 Å². The van der Waals surface area contributed by atoms with Crippen molar-refractivity contribution in [2.24, 2.45) is 0 Å². The topological polar surface area (TPSA) is 69.6 Å². The van der Waals surface area contributed by atoms with Gasteiger partial charge in [0.15, 0.2) is 0 Å². The van der Waals surface area contributed by atoms with E-state index in [0.29, 0.717) is 13.0 Å². The highest BCUT2D eigenvalue weighted by Gasteiger charge is 2.31. The molecule has 0 spiro atoms. The van der Waals surface area contributed by atoms with Crippen LogP contribution in [0, 0.1) is 5.82 Å². The quantitative estimate of drug-likeness (QED) is 0.856. The molecular formula is C12H16BrFN2O3S. The van der Waals surface area contributed by atoms with Crippen LogP contribution >= 0.6 is 15.9 Å². The van der Waals surface area contributed by atoms with E-state index in [9.17, 15) is 17.9 Å². The number of hydrogen-bond donors (Lipinski definition) is 2. The normalized spacial score (nSPS) is 20.9. The van der Waals surface area contributed by atoms with E-state index in [4.69, 9.17) is 0 Å². The first-order valence-corrected chi connectivity index (χ1v) is 8.53. The van der Waals surface area contributed by atoms with Gasteiger partial charge in [-0.15, -0.1) is 0 Å². The Morgan fingerprint density at radius 2 is 2.20 bits per heavy atom. The van der Waals surface area contributed by atoms with E-state index in [0.717, 1.165) is 12.8 Å². The molecule has 0 bridgehead atoms. The van der Waals surface area contributed by atoms with E-state index < -0.39 is 22.1 Å². The van der Waals surface area contributed by atoms with Gasteiger partial charge >= 0.3 is 10.2 Å². The maximum Gasteiger partial charge on any atom is 0.301 e. The first kappa shape index (κ1) is 15.7. The summed E-state index contributed by atoms with van der Waals surface area (Å²) >= 11 is 3.01. The van der Waals surface area contributed by atoms with Gasteiger partial charge in [0.25, 0.3) is 0 Å². The molecule has 1 atom stereocenters. The molecule has 0 radical (unpaired) electrons. The molecule has 1 fully saturated rings. The highest BCUT2D eigenvalue weighted by Crippen LogP contribution is 2.24. The molecule has 1 aliphatic rings. The lowest BCUT2D eigenvalue weighted by Gasteiger charge is -2.33. The molecule has 0 amide bonds. The summed E-state index contributed by atoms with van der Waals surface area (Å²) < 4.78 is 41.6. The van der Waals surface area contributed by atoms with Gasteiger partial charge in [0, 0.05) is 12.6 Å². The van der Waals surface area contributed by atoms with E-state index in [1.165, 1.54) is 22.5 Å². The fourth-order valence-electron chi connectivity index (χ4n) is 2.24. The number of nitrogens with zero attached hydrogens (tertiary/aromatic N) is 1. The van der Waals surface area contributed by atoms with Crippen molar-refractivity contribution in [3.63, 3.8) is 0 Å². The van der Waals surface area contributed by atoms with E-state index in [1.54, 1.807) is 0 Å². The summed E-state index contributed by atoms with van der Waals surface area (Å²) in [7, 11) is -3.75. The second-order valence-corrected chi connectivity index (χ2v) is 7.16. The number of piperidine rings is 1. The van der Waals surface area contributed by atoms with Gasteiger partial charge in [0.05, 0.1) is 16.8 Å². The Morgan fingerprint density at radius 1 is 1.45 bits per heavy atom. The Balaban J connectivity index is 2.19. The number of anilines is 1. The zero-order chi connectivity index (χ0) is 14.8. The highest BCUT2D eigenvalue weighted by atomic mass is 79.9. The first-order chi connectivity index (χ1) is 9.44. The van der Waals surface area contributed by atoms with Gasteiger partial charge in [-0.05, 0) is 47.0 Å². The van der Waals surface area contributed by atoms with Crippen molar-refractivity contribution in [1.29, 1.82) is 0 Å². The summed E-state index contributed by atoms with van der Waals surface area (Å²) in [6.45, 7) is 0.178. The Kier molecular flexibility index (Phi) is 5.00. The monoisotopic (exact) mass is 366 g/mol. The lowest BCUT2D eigenvalue weighted by atomic mass is 10.1. The van der Waals surface area contributed by atoms with Crippen molar-refractivity contribution in [1.82, 2.24) is 4.31 Å². The summed E-state index contributed by atoms with van der Waals surface area (Å²) in [5, 5.41) is 9.28. The Labute approximate surface area is 126 Å². The maximum atomic E-state index is 13.1. The van der Waals surface area contributed by atoms with Crippen LogP contribution in [0.3, 0.4) is 0 Å². The highest BCUT2D eigenvalue weighted by molar-refractivity contribution is 9.10. The number of nitrogens with one attached hydrogen (secondary N) is 1. The lowest BCUT2D eigenvalue weighted by Crippen LogP contribution is -2.47. The summed E-state index contributed by atoms with van der Waals surface area (Å²) in [4.78, 5) is 0. The van der Waals surface area contributed by atoms with Gasteiger partial charge in [-0.1, -0.05) is 6.42 Å². The van der Waals surface area contributed by atoms with Crippen molar-refractivity contribution in [3.8, 4) is 0 Å². The number of rotatable bonds is 4. The predicted octanol–water partition coefficient (Wildman–Crippen LogP) is 2.09. The van der Waals surface area contributed by atoms with E-state index in [2.05, 4.69) is 20.7 Å². The van der Waals surface area contributed by atoms with Crippen molar-refractivity contribution < 1.29 is 17.9 Å². The van der Waals surface area contributed by atoms with Crippen LogP contribution < -0.4 is 4.72 Å². The molecule has 1 aliphatic heterocycles. The molecule has 1 saturated heterocycles. The van der Waals surface area contributed by atoms with Crippen LogP contribution in [0.4, 0.5) is 10.1 Å². The molecule has 8 heteroatoms. The van der Waals surface area contributed by atoms with Crippen LogP contribution in [0.15, 0.2) is 22.7 Å². The van der Waals surface area contributed by atoms with Crippen LogP contribution in [-0.4, -0.2) is 37.0 Å². The lowest BCUT2D eigenvalue weighted by molar-refractivity contribution is 0.156. The number of halogens is 2. The van der Waals surface area contributed by atoms with Crippen molar-refractivity contribution in [2.45, 2.75) is 25.3 Å². The molecule has 5 nitrogen and oxygen atoms in total. The molecular weight excluding hydrogens is 351 g/mol. The van der Waals surface area contributed by atoms with Crippen LogP contribution in [0.1, 0.15) is 19.3 Å². The Morgan fingerprint density at radius 3 is 2.85 bits per heavy atom. The van der Waals surface area contributed by atoms with E-state index >= 15 is 0 Å². The molecule has 20 heavy (non-hydrogen) atoms. The minimum absolute atomic E-state index is 0.190. The van der Waals surface area contributed by atoms with Crippen molar-refractivity contribution in [3.05, 3.63) is 28.5 Å². The van der Waals surface area contributed by atoms with E-state index in [1.807, 2.05) is 0 Å². The van der Waals surface area contributed by atoms with Crippen molar-refractivity contribution in [2.75, 3.05) is 17.9 Å². The third-order valence-electron chi connectivity index (χ3n) is 3.26. The van der Waals surface area contributed by atoms with Gasteiger partial charge in [-0.3, -0.25) is 4.72 Å². The maximum absolute atomic E-state index is 13.1. The van der Waals surface area contributed by atoms with Crippen LogP contribution in [0.2, 0.25) is 0 Å². The largest absolute Gasteiger partial charge is 0.395 e.